The Labute approximate surface area is 123 Å². The lowest BCUT2D eigenvalue weighted by molar-refractivity contribution is -0.125. The van der Waals surface area contributed by atoms with Crippen molar-refractivity contribution in [2.45, 2.75) is 38.6 Å². The van der Waals surface area contributed by atoms with Crippen LogP contribution in [-0.2, 0) is 9.59 Å². The molecule has 0 aliphatic carbocycles. The second kappa shape index (κ2) is 7.06. The number of carbonyl (C=O) groups excluding carboxylic acids is 3. The van der Waals surface area contributed by atoms with Crippen molar-refractivity contribution in [1.29, 1.82) is 0 Å². The van der Waals surface area contributed by atoms with Crippen LogP contribution in [0.3, 0.4) is 0 Å². The van der Waals surface area contributed by atoms with E-state index >= 15 is 0 Å². The Hall–Kier alpha value is -2.11. The zero-order valence-corrected chi connectivity index (χ0v) is 12.1. The number of ketones is 1. The molecule has 21 heavy (non-hydrogen) atoms. The molecule has 0 atom stereocenters. The maximum atomic E-state index is 12.1. The molecule has 1 aromatic rings. The number of hydrogen-bond donors (Lipinski definition) is 1. The first-order valence-electron chi connectivity index (χ1n) is 7.18. The number of nitrogens with zero attached hydrogens (tertiary/aromatic N) is 1. The standard InChI is InChI=1S/C15H20N2O4/c1-11(18)4-5-14(19)16-12-6-8-17(9-7-12)15(20)13-3-2-10-21-13/h2-3,10,12H,4-9H2,1H3,(H,16,19). The number of likely N-dealkylation sites (tertiary alicyclic amines) is 1. The Morgan fingerprint density at radius 3 is 2.57 bits per heavy atom. The molecule has 0 radical (unpaired) electrons. The highest BCUT2D eigenvalue weighted by Gasteiger charge is 2.25. The number of piperidine rings is 1. The molecule has 6 nitrogen and oxygen atoms in total. The first-order chi connectivity index (χ1) is 10.1. The topological polar surface area (TPSA) is 79.6 Å². The Balaban J connectivity index is 1.74. The Kier molecular flexibility index (Phi) is 5.14. The van der Waals surface area contributed by atoms with Crippen molar-refractivity contribution >= 4 is 17.6 Å². The summed E-state index contributed by atoms with van der Waals surface area (Å²) in [7, 11) is 0. The predicted molar refractivity (Wildman–Crippen MR) is 75.7 cm³/mol. The Bertz CT molecular complexity index is 502. The molecule has 0 spiro atoms. The van der Waals surface area contributed by atoms with Gasteiger partial charge in [0, 0.05) is 32.0 Å². The van der Waals surface area contributed by atoms with E-state index in [1.807, 2.05) is 0 Å². The van der Waals surface area contributed by atoms with Gasteiger partial charge in [0.2, 0.25) is 5.91 Å². The highest BCUT2D eigenvalue weighted by atomic mass is 16.3. The summed E-state index contributed by atoms with van der Waals surface area (Å²) in [6, 6.07) is 3.41. The molecule has 0 unspecified atom stereocenters. The van der Waals surface area contributed by atoms with E-state index in [0.29, 0.717) is 18.8 Å². The van der Waals surface area contributed by atoms with Crippen LogP contribution < -0.4 is 5.32 Å². The zero-order valence-electron chi connectivity index (χ0n) is 12.1. The lowest BCUT2D eigenvalue weighted by atomic mass is 10.0. The summed E-state index contributed by atoms with van der Waals surface area (Å²) in [5.41, 5.74) is 0. The number of hydrogen-bond acceptors (Lipinski definition) is 4. The molecule has 1 saturated heterocycles. The third kappa shape index (κ3) is 4.44. The molecule has 2 rings (SSSR count). The van der Waals surface area contributed by atoms with Crippen molar-refractivity contribution in [3.05, 3.63) is 24.2 Å². The van der Waals surface area contributed by atoms with Gasteiger partial charge in [-0.05, 0) is 31.9 Å². The third-order valence-corrected chi connectivity index (χ3v) is 3.58. The van der Waals surface area contributed by atoms with Crippen LogP contribution in [0, 0.1) is 0 Å². The van der Waals surface area contributed by atoms with E-state index in [0.717, 1.165) is 12.8 Å². The minimum atomic E-state index is -0.110. The van der Waals surface area contributed by atoms with E-state index in [4.69, 9.17) is 4.42 Å². The molecule has 1 aliphatic heterocycles. The summed E-state index contributed by atoms with van der Waals surface area (Å²) in [6.07, 6.45) is 3.44. The smallest absolute Gasteiger partial charge is 0.289 e. The molecular weight excluding hydrogens is 272 g/mol. The molecular formula is C15H20N2O4. The zero-order chi connectivity index (χ0) is 15.2. The second-order valence-electron chi connectivity index (χ2n) is 5.31. The van der Waals surface area contributed by atoms with E-state index in [1.165, 1.54) is 13.2 Å². The fourth-order valence-electron chi connectivity index (χ4n) is 2.37. The van der Waals surface area contributed by atoms with Crippen LogP contribution in [0.1, 0.15) is 43.2 Å². The van der Waals surface area contributed by atoms with E-state index in [9.17, 15) is 14.4 Å². The van der Waals surface area contributed by atoms with Gasteiger partial charge in [-0.1, -0.05) is 0 Å². The molecule has 1 aromatic heterocycles. The quantitative estimate of drug-likeness (QED) is 0.889. The molecule has 0 bridgehead atoms. The average molecular weight is 292 g/mol. The number of Topliss-reactive ketones (excluding diaryl/α,β-unsaturated/α-hetero) is 1. The SMILES string of the molecule is CC(=O)CCC(=O)NC1CCN(C(=O)c2ccco2)CC1. The maximum absolute atomic E-state index is 12.1. The number of nitrogens with one attached hydrogen (secondary N) is 1. The van der Waals surface area contributed by atoms with Gasteiger partial charge in [-0.25, -0.2) is 0 Å². The molecule has 0 aromatic carbocycles. The van der Waals surface area contributed by atoms with Crippen LogP contribution in [0.15, 0.2) is 22.8 Å². The average Bonchev–Trinajstić information content (AvgIpc) is 2.99. The Morgan fingerprint density at radius 2 is 2.00 bits per heavy atom. The first kappa shape index (κ1) is 15.3. The third-order valence-electron chi connectivity index (χ3n) is 3.58. The molecule has 2 amide bonds. The second-order valence-corrected chi connectivity index (χ2v) is 5.31. The lowest BCUT2D eigenvalue weighted by Crippen LogP contribution is -2.46. The predicted octanol–water partition coefficient (Wildman–Crippen LogP) is 1.37. The first-order valence-corrected chi connectivity index (χ1v) is 7.18. The molecule has 1 fully saturated rings. The summed E-state index contributed by atoms with van der Waals surface area (Å²) in [5, 5.41) is 2.92. The molecule has 2 heterocycles. The van der Waals surface area contributed by atoms with Crippen molar-refractivity contribution in [2.24, 2.45) is 0 Å². The maximum Gasteiger partial charge on any atom is 0.289 e. The normalized spacial score (nSPS) is 15.8. The van der Waals surface area contributed by atoms with Gasteiger partial charge in [0.1, 0.15) is 5.78 Å². The largest absolute Gasteiger partial charge is 0.459 e. The van der Waals surface area contributed by atoms with E-state index < -0.39 is 0 Å². The van der Waals surface area contributed by atoms with Crippen molar-refractivity contribution in [3.8, 4) is 0 Å². The molecule has 114 valence electrons. The van der Waals surface area contributed by atoms with E-state index in [-0.39, 0.29) is 36.5 Å². The van der Waals surface area contributed by atoms with Gasteiger partial charge in [0.15, 0.2) is 5.76 Å². The summed E-state index contributed by atoms with van der Waals surface area (Å²) < 4.78 is 5.10. The van der Waals surface area contributed by atoms with Gasteiger partial charge in [0.05, 0.1) is 6.26 Å². The monoisotopic (exact) mass is 292 g/mol. The number of furan rings is 1. The highest BCUT2D eigenvalue weighted by molar-refractivity contribution is 5.91. The summed E-state index contributed by atoms with van der Waals surface area (Å²) >= 11 is 0. The van der Waals surface area contributed by atoms with Crippen molar-refractivity contribution in [1.82, 2.24) is 10.2 Å². The van der Waals surface area contributed by atoms with Gasteiger partial charge in [-0.15, -0.1) is 0 Å². The Morgan fingerprint density at radius 1 is 1.29 bits per heavy atom. The number of amides is 2. The van der Waals surface area contributed by atoms with Crippen LogP contribution in [0.2, 0.25) is 0 Å². The van der Waals surface area contributed by atoms with Crippen LogP contribution >= 0.6 is 0 Å². The minimum absolute atomic E-state index is 0.0176. The summed E-state index contributed by atoms with van der Waals surface area (Å²) in [4.78, 5) is 36.3. The number of rotatable bonds is 5. The highest BCUT2D eigenvalue weighted by Crippen LogP contribution is 2.14. The van der Waals surface area contributed by atoms with Crippen molar-refractivity contribution in [3.63, 3.8) is 0 Å². The van der Waals surface area contributed by atoms with Gasteiger partial charge in [-0.2, -0.15) is 0 Å². The van der Waals surface area contributed by atoms with Crippen LogP contribution in [0.25, 0.3) is 0 Å². The molecule has 1 aliphatic rings. The van der Waals surface area contributed by atoms with Crippen LogP contribution in [0.5, 0.6) is 0 Å². The fraction of sp³-hybridized carbons (Fsp3) is 0.533. The minimum Gasteiger partial charge on any atom is -0.459 e. The van der Waals surface area contributed by atoms with Crippen LogP contribution in [-0.4, -0.2) is 41.6 Å². The lowest BCUT2D eigenvalue weighted by Gasteiger charge is -2.31. The van der Waals surface area contributed by atoms with E-state index in [2.05, 4.69) is 5.32 Å². The van der Waals surface area contributed by atoms with Gasteiger partial charge in [-0.3, -0.25) is 9.59 Å². The van der Waals surface area contributed by atoms with Crippen molar-refractivity contribution in [2.75, 3.05) is 13.1 Å². The van der Waals surface area contributed by atoms with Crippen molar-refractivity contribution < 1.29 is 18.8 Å². The number of carbonyl (C=O) groups is 3. The molecule has 6 heteroatoms. The van der Waals surface area contributed by atoms with Gasteiger partial charge >= 0.3 is 0 Å². The van der Waals surface area contributed by atoms with E-state index in [1.54, 1.807) is 17.0 Å². The van der Waals surface area contributed by atoms with Gasteiger partial charge < -0.3 is 19.4 Å². The fourth-order valence-corrected chi connectivity index (χ4v) is 2.37. The van der Waals surface area contributed by atoms with Crippen LogP contribution in [0.4, 0.5) is 0 Å². The summed E-state index contributed by atoms with van der Waals surface area (Å²) in [6.45, 7) is 2.67. The van der Waals surface area contributed by atoms with Gasteiger partial charge in [0.25, 0.3) is 5.91 Å². The summed E-state index contributed by atoms with van der Waals surface area (Å²) in [5.74, 6) is 0.158. The molecule has 0 saturated carbocycles. The molecule has 1 N–H and O–H groups in total.